The number of alkyl halides is 3. The Bertz CT molecular complexity index is 1040. The van der Waals surface area contributed by atoms with Crippen LogP contribution in [0, 0.1) is 10.1 Å². The fourth-order valence-electron chi connectivity index (χ4n) is 2.86. The first-order chi connectivity index (χ1) is 13.6. The Kier molecular flexibility index (Phi) is 5.06. The van der Waals surface area contributed by atoms with Crippen molar-refractivity contribution in [3.8, 4) is 0 Å². The molecule has 0 radical (unpaired) electrons. The third-order valence-electron chi connectivity index (χ3n) is 4.23. The van der Waals surface area contributed by atoms with Gasteiger partial charge in [0, 0.05) is 25.1 Å². The van der Waals surface area contributed by atoms with E-state index in [0.717, 1.165) is 35.2 Å². The third-order valence-corrected chi connectivity index (χ3v) is 4.23. The number of hydrogen-bond acceptors (Lipinski definition) is 5. The number of amides is 3. The number of fused-ring (bicyclic) bond motifs is 1. The van der Waals surface area contributed by atoms with Crippen molar-refractivity contribution in [2.45, 2.75) is 12.6 Å². The summed E-state index contributed by atoms with van der Waals surface area (Å²) < 4.78 is 38.9. The van der Waals surface area contributed by atoms with Crippen molar-refractivity contribution in [3.63, 3.8) is 0 Å². The highest BCUT2D eigenvalue weighted by molar-refractivity contribution is 6.21. The Balaban J connectivity index is 1.70. The minimum atomic E-state index is -4.67. The van der Waals surface area contributed by atoms with E-state index in [4.69, 9.17) is 0 Å². The van der Waals surface area contributed by atoms with Gasteiger partial charge in [-0.05, 0) is 18.2 Å². The van der Waals surface area contributed by atoms with Gasteiger partial charge in [0.05, 0.1) is 27.3 Å². The van der Waals surface area contributed by atoms with E-state index in [1.54, 1.807) is 0 Å². The lowest BCUT2D eigenvalue weighted by atomic mass is 10.1. The lowest BCUT2D eigenvalue weighted by molar-refractivity contribution is -0.384. The molecular weight excluding hydrogens is 395 g/mol. The second-order valence-electron chi connectivity index (χ2n) is 6.09. The van der Waals surface area contributed by atoms with Gasteiger partial charge in [-0.2, -0.15) is 13.2 Å². The average Bonchev–Trinajstić information content (AvgIpc) is 2.89. The third kappa shape index (κ3) is 3.93. The molecule has 0 aromatic heterocycles. The highest BCUT2D eigenvalue weighted by Gasteiger charge is 2.37. The standard InChI is InChI=1S/C18H12F3N3O5/c19-18(20,21)13-3-1-2-4-14(13)22-15(25)7-8-23-16(26)11-6-5-10(24(28)29)9-12(11)17(23)27/h1-6,9H,7-8H2,(H,22,25). The summed E-state index contributed by atoms with van der Waals surface area (Å²) in [5, 5.41) is 12.9. The highest BCUT2D eigenvalue weighted by Crippen LogP contribution is 2.34. The number of non-ortho nitro benzene ring substituents is 1. The highest BCUT2D eigenvalue weighted by atomic mass is 19.4. The number of nitro benzene ring substituents is 1. The molecule has 0 saturated carbocycles. The summed E-state index contributed by atoms with van der Waals surface area (Å²) in [7, 11) is 0. The number of rotatable bonds is 5. The SMILES string of the molecule is O=C(CCN1C(=O)c2ccc([N+](=O)[O-])cc2C1=O)Nc1ccccc1C(F)(F)F. The van der Waals surface area contributed by atoms with Crippen LogP contribution in [0.25, 0.3) is 0 Å². The van der Waals surface area contributed by atoms with Crippen molar-refractivity contribution in [2.24, 2.45) is 0 Å². The van der Waals surface area contributed by atoms with Crippen LogP contribution in [0.4, 0.5) is 24.5 Å². The predicted molar refractivity (Wildman–Crippen MR) is 93.2 cm³/mol. The number of anilines is 1. The van der Waals surface area contributed by atoms with Crippen LogP contribution in [0.5, 0.6) is 0 Å². The van der Waals surface area contributed by atoms with Crippen LogP contribution in [-0.4, -0.2) is 34.1 Å². The normalized spacial score (nSPS) is 13.4. The van der Waals surface area contributed by atoms with Gasteiger partial charge in [-0.1, -0.05) is 12.1 Å². The van der Waals surface area contributed by atoms with Crippen molar-refractivity contribution < 1.29 is 32.5 Å². The van der Waals surface area contributed by atoms with E-state index in [1.165, 1.54) is 12.1 Å². The molecule has 0 aliphatic carbocycles. The number of imide groups is 1. The van der Waals surface area contributed by atoms with Gasteiger partial charge in [0.1, 0.15) is 0 Å². The maximum atomic E-state index is 13.0. The summed E-state index contributed by atoms with van der Waals surface area (Å²) in [5.74, 6) is -2.37. The number of carbonyl (C=O) groups is 3. The van der Waals surface area contributed by atoms with E-state index in [1.807, 2.05) is 0 Å². The van der Waals surface area contributed by atoms with Gasteiger partial charge in [0.15, 0.2) is 0 Å². The van der Waals surface area contributed by atoms with Crippen LogP contribution < -0.4 is 5.32 Å². The van der Waals surface area contributed by atoms with Gasteiger partial charge >= 0.3 is 6.18 Å². The molecule has 1 N–H and O–H groups in total. The number of halogens is 3. The zero-order valence-corrected chi connectivity index (χ0v) is 14.5. The van der Waals surface area contributed by atoms with Gasteiger partial charge in [-0.3, -0.25) is 29.4 Å². The molecule has 29 heavy (non-hydrogen) atoms. The zero-order chi connectivity index (χ0) is 21.3. The van der Waals surface area contributed by atoms with E-state index in [9.17, 15) is 37.7 Å². The molecule has 150 valence electrons. The summed E-state index contributed by atoms with van der Waals surface area (Å²) in [6.45, 7) is -0.389. The molecule has 11 heteroatoms. The molecule has 1 heterocycles. The smallest absolute Gasteiger partial charge is 0.325 e. The average molecular weight is 407 g/mol. The molecule has 0 bridgehead atoms. The molecule has 0 saturated heterocycles. The van der Waals surface area contributed by atoms with Crippen LogP contribution in [0.1, 0.15) is 32.7 Å². The van der Waals surface area contributed by atoms with Gasteiger partial charge in [-0.15, -0.1) is 0 Å². The number of nitrogens with zero attached hydrogens (tertiary/aromatic N) is 2. The van der Waals surface area contributed by atoms with Crippen molar-refractivity contribution >= 4 is 29.1 Å². The maximum Gasteiger partial charge on any atom is 0.418 e. The lowest BCUT2D eigenvalue weighted by Gasteiger charge is -2.15. The number of nitrogens with one attached hydrogen (secondary N) is 1. The summed E-state index contributed by atoms with van der Waals surface area (Å²) in [5.41, 5.74) is -2.03. The second kappa shape index (κ2) is 7.34. The van der Waals surface area contributed by atoms with E-state index in [-0.39, 0.29) is 23.4 Å². The van der Waals surface area contributed by atoms with Gasteiger partial charge in [-0.25, -0.2) is 0 Å². The van der Waals surface area contributed by atoms with Crippen molar-refractivity contribution in [3.05, 3.63) is 69.3 Å². The molecule has 0 fully saturated rings. The van der Waals surface area contributed by atoms with Crippen LogP contribution in [0.15, 0.2) is 42.5 Å². The number of nitro groups is 1. The first-order valence-electron chi connectivity index (χ1n) is 8.20. The number of benzene rings is 2. The Morgan fingerprint density at radius 3 is 2.38 bits per heavy atom. The van der Waals surface area contributed by atoms with Crippen LogP contribution in [-0.2, 0) is 11.0 Å². The summed E-state index contributed by atoms with van der Waals surface area (Å²) in [6, 6.07) is 7.59. The Morgan fingerprint density at radius 2 is 1.72 bits per heavy atom. The topological polar surface area (TPSA) is 110 Å². The minimum absolute atomic E-state index is 0.0385. The molecule has 0 spiro atoms. The first-order valence-corrected chi connectivity index (χ1v) is 8.20. The van der Waals surface area contributed by atoms with Crippen LogP contribution in [0.2, 0.25) is 0 Å². The molecule has 3 rings (SSSR count). The van der Waals surface area contributed by atoms with Crippen LogP contribution in [0.3, 0.4) is 0 Å². The molecule has 1 aliphatic heterocycles. The van der Waals surface area contributed by atoms with Crippen molar-refractivity contribution in [1.29, 1.82) is 0 Å². The molecule has 0 unspecified atom stereocenters. The summed E-state index contributed by atoms with van der Waals surface area (Å²) >= 11 is 0. The molecule has 8 nitrogen and oxygen atoms in total. The number of para-hydroxylation sites is 1. The first kappa shape index (κ1) is 20.0. The van der Waals surface area contributed by atoms with Crippen LogP contribution >= 0.6 is 0 Å². The van der Waals surface area contributed by atoms with Crippen molar-refractivity contribution in [1.82, 2.24) is 4.90 Å². The molecule has 2 aromatic rings. The van der Waals surface area contributed by atoms with E-state index >= 15 is 0 Å². The molecular formula is C18H12F3N3O5. The minimum Gasteiger partial charge on any atom is -0.325 e. The summed E-state index contributed by atoms with van der Waals surface area (Å²) in [6.07, 6.45) is -5.11. The van der Waals surface area contributed by atoms with Gasteiger partial charge in [0.2, 0.25) is 5.91 Å². The van der Waals surface area contributed by atoms with E-state index in [2.05, 4.69) is 5.32 Å². The van der Waals surface area contributed by atoms with E-state index in [0.29, 0.717) is 0 Å². The fourth-order valence-corrected chi connectivity index (χ4v) is 2.86. The lowest BCUT2D eigenvalue weighted by Crippen LogP contribution is -2.33. The largest absolute Gasteiger partial charge is 0.418 e. The molecule has 3 amide bonds. The fraction of sp³-hybridized carbons (Fsp3) is 0.167. The Hall–Kier alpha value is -3.76. The quantitative estimate of drug-likeness (QED) is 0.465. The Morgan fingerprint density at radius 1 is 1.07 bits per heavy atom. The van der Waals surface area contributed by atoms with E-state index < -0.39 is 46.5 Å². The van der Waals surface area contributed by atoms with Crippen molar-refractivity contribution in [2.75, 3.05) is 11.9 Å². The molecule has 2 aromatic carbocycles. The monoisotopic (exact) mass is 407 g/mol. The number of hydrogen-bond donors (Lipinski definition) is 1. The molecule has 1 aliphatic rings. The molecule has 0 atom stereocenters. The van der Waals surface area contributed by atoms with Gasteiger partial charge in [0.25, 0.3) is 17.5 Å². The number of carbonyl (C=O) groups excluding carboxylic acids is 3. The zero-order valence-electron chi connectivity index (χ0n) is 14.5. The predicted octanol–water partition coefficient (Wildman–Crippen LogP) is 3.24. The second-order valence-corrected chi connectivity index (χ2v) is 6.09. The summed E-state index contributed by atoms with van der Waals surface area (Å²) in [4.78, 5) is 47.5. The van der Waals surface area contributed by atoms with Gasteiger partial charge < -0.3 is 5.32 Å². The maximum absolute atomic E-state index is 13.0. The Labute approximate surface area is 161 Å².